The van der Waals surface area contributed by atoms with Crippen molar-refractivity contribution in [1.29, 1.82) is 0 Å². The molecule has 2 N–H and O–H groups in total. The fourth-order valence-electron chi connectivity index (χ4n) is 0.181. The van der Waals surface area contributed by atoms with Crippen LogP contribution in [0.1, 0.15) is 6.92 Å². The maximum atomic E-state index is 9.41. The Morgan fingerprint density at radius 1 is 1.10 bits per heavy atom. The second-order valence-electron chi connectivity index (χ2n) is 1.07. The average Bonchev–Trinajstić information content (AvgIpc) is 1.68. The van der Waals surface area contributed by atoms with Gasteiger partial charge in [0, 0.05) is 0 Å². The van der Waals surface area contributed by atoms with Crippen molar-refractivity contribution in [2.24, 2.45) is 10.2 Å². The Morgan fingerprint density at radius 3 is 1.60 bits per heavy atom. The molecule has 0 saturated heterocycles. The molecule has 0 aromatic heterocycles. The number of hydrogen-bond acceptors (Lipinski definition) is 4. The first kappa shape index (κ1) is 18.0. The van der Waals surface area contributed by atoms with Crippen molar-refractivity contribution >= 4 is 0 Å². The van der Waals surface area contributed by atoms with Gasteiger partial charge in [-0.1, -0.05) is 0 Å². The summed E-state index contributed by atoms with van der Waals surface area (Å²) < 4.78 is 0. The Balaban J connectivity index is -0.000000245. The molecule has 0 heterocycles. The van der Waals surface area contributed by atoms with Crippen LogP contribution in [-0.4, -0.2) is 6.17 Å². The predicted octanol–water partition coefficient (Wildman–Crippen LogP) is -8.60. The van der Waals surface area contributed by atoms with Gasteiger partial charge in [0.1, 0.15) is 0 Å². The third-order valence-electron chi connectivity index (χ3n) is 0.479. The van der Waals surface area contributed by atoms with E-state index >= 15 is 0 Å². The van der Waals surface area contributed by atoms with E-state index in [1.807, 2.05) is 0 Å². The van der Waals surface area contributed by atoms with Crippen LogP contribution >= 0.6 is 0 Å². The van der Waals surface area contributed by atoms with Crippen LogP contribution in [0.3, 0.4) is 0 Å². The van der Waals surface area contributed by atoms with Crippen LogP contribution in [0.4, 0.5) is 0 Å². The summed E-state index contributed by atoms with van der Waals surface area (Å²) in [4.78, 5) is 0. The van der Waals surface area contributed by atoms with Gasteiger partial charge in [0.05, 0.1) is 0 Å². The molecule has 6 nitrogen and oxygen atoms in total. The normalized spacial score (nSPS) is 9.80. The van der Waals surface area contributed by atoms with Gasteiger partial charge in [-0.2, -0.15) is 0 Å². The summed E-state index contributed by atoms with van der Waals surface area (Å²) in [5.74, 6) is 0. The average molecular weight is 196 g/mol. The molecular formula is C2H6K2N4O2+2. The molecular weight excluding hydrogens is 190 g/mol. The molecule has 0 radical (unpaired) electrons. The van der Waals surface area contributed by atoms with Crippen molar-refractivity contribution in [3.63, 3.8) is 0 Å². The number of rotatable bonds is 2. The summed E-state index contributed by atoms with van der Waals surface area (Å²) in [7, 11) is 0. The van der Waals surface area contributed by atoms with Gasteiger partial charge in [0.25, 0.3) is 6.17 Å². The first-order valence-corrected chi connectivity index (χ1v) is 1.95. The molecule has 0 atom stereocenters. The molecule has 0 amide bonds. The van der Waals surface area contributed by atoms with Gasteiger partial charge in [-0.25, -0.2) is 0 Å². The van der Waals surface area contributed by atoms with Crippen molar-refractivity contribution in [2.75, 3.05) is 0 Å². The van der Waals surface area contributed by atoms with Gasteiger partial charge in [-0.3, -0.25) is 0 Å². The maximum Gasteiger partial charge on any atom is 1.00 e. The van der Waals surface area contributed by atoms with Gasteiger partial charge in [-0.15, -0.1) is 10.6 Å². The molecule has 0 rings (SSSR count). The molecule has 46 valence electrons. The van der Waals surface area contributed by atoms with Crippen LogP contribution in [0.2, 0.25) is 0 Å². The van der Waals surface area contributed by atoms with Crippen LogP contribution in [0, 0.1) is 10.4 Å². The molecule has 8 heteroatoms. The monoisotopic (exact) mass is 196 g/mol. The van der Waals surface area contributed by atoms with Crippen molar-refractivity contribution in [1.82, 2.24) is 0 Å². The minimum Gasteiger partial charge on any atom is -0.602 e. The first-order chi connectivity index (χ1) is 3.81. The van der Waals surface area contributed by atoms with Gasteiger partial charge in [0.15, 0.2) is 0 Å². The van der Waals surface area contributed by atoms with E-state index in [4.69, 9.17) is 0 Å². The van der Waals surface area contributed by atoms with E-state index in [0.29, 0.717) is 0 Å². The summed E-state index contributed by atoms with van der Waals surface area (Å²) in [6.45, 7) is 1.48. The van der Waals surface area contributed by atoms with Crippen LogP contribution < -0.4 is 113 Å². The van der Waals surface area contributed by atoms with Crippen molar-refractivity contribution in [3.05, 3.63) is 10.4 Å². The zero-order valence-electron chi connectivity index (χ0n) is 6.29. The van der Waals surface area contributed by atoms with Crippen LogP contribution in [0.25, 0.3) is 0 Å². The molecule has 0 aliphatic rings. The second kappa shape index (κ2) is 13.6. The fraction of sp³-hybridized carbons (Fsp3) is 1.00. The molecule has 0 unspecified atom stereocenters. The van der Waals surface area contributed by atoms with E-state index in [1.165, 1.54) is 17.5 Å². The fourth-order valence-corrected chi connectivity index (χ4v) is 0.181. The zero-order chi connectivity index (χ0) is 6.41. The Bertz CT molecular complexity index is 95.4. The van der Waals surface area contributed by atoms with Crippen molar-refractivity contribution in [2.45, 2.75) is 13.1 Å². The van der Waals surface area contributed by atoms with E-state index in [1.54, 1.807) is 0 Å². The first-order valence-electron chi connectivity index (χ1n) is 1.95. The van der Waals surface area contributed by atoms with E-state index < -0.39 is 6.17 Å². The molecule has 10 heavy (non-hydrogen) atoms. The molecule has 0 aliphatic heterocycles. The van der Waals surface area contributed by atoms with Gasteiger partial charge in [0.2, 0.25) is 0 Å². The Morgan fingerprint density at radius 2 is 1.40 bits per heavy atom. The summed E-state index contributed by atoms with van der Waals surface area (Å²) in [5.41, 5.74) is 0. The van der Waals surface area contributed by atoms with Gasteiger partial charge < -0.3 is 10.4 Å². The van der Waals surface area contributed by atoms with Gasteiger partial charge >= 0.3 is 103 Å². The Kier molecular flexibility index (Phi) is 24.5. The third-order valence-corrected chi connectivity index (χ3v) is 0.479. The van der Waals surface area contributed by atoms with E-state index in [9.17, 15) is 10.4 Å². The molecule has 0 aromatic carbocycles. The van der Waals surface area contributed by atoms with E-state index in [0.717, 1.165) is 0 Å². The minimum atomic E-state index is -0.634. The SMILES string of the molecule is CC(/N=[NH+]/[O-])/N=[NH+]/[O-].[K+].[K+]. The number of hydrogen-bond donors (Lipinski definition) is 2. The summed E-state index contributed by atoms with van der Waals surface area (Å²) in [5, 5.41) is 27.5. The third kappa shape index (κ3) is 12.7. The molecule has 0 aromatic rings. The maximum absolute atomic E-state index is 9.41. The largest absolute Gasteiger partial charge is 1.00 e. The molecule has 0 fully saturated rings. The van der Waals surface area contributed by atoms with Crippen molar-refractivity contribution < 1.29 is 113 Å². The van der Waals surface area contributed by atoms with E-state index in [2.05, 4.69) is 10.2 Å². The van der Waals surface area contributed by atoms with Crippen LogP contribution in [0.5, 0.6) is 0 Å². The molecule has 0 spiro atoms. The summed E-state index contributed by atoms with van der Waals surface area (Å²) in [6.07, 6.45) is -0.634. The number of nitrogens with one attached hydrogen (secondary N) is 2. The van der Waals surface area contributed by atoms with Crippen LogP contribution in [-0.2, 0) is 0 Å². The van der Waals surface area contributed by atoms with E-state index in [-0.39, 0.29) is 103 Å². The predicted molar refractivity (Wildman–Crippen MR) is 23.0 cm³/mol. The van der Waals surface area contributed by atoms with Crippen molar-refractivity contribution in [3.8, 4) is 0 Å². The van der Waals surface area contributed by atoms with Crippen LogP contribution in [0.15, 0.2) is 10.2 Å². The Labute approximate surface area is 143 Å². The number of nitrogens with zero attached hydrogens (tertiary/aromatic N) is 2. The molecule has 0 saturated carbocycles. The topological polar surface area (TPSA) is 98.8 Å². The van der Waals surface area contributed by atoms with Gasteiger partial charge in [-0.05, 0) is 17.2 Å². The summed E-state index contributed by atoms with van der Waals surface area (Å²) >= 11 is 0. The molecule has 0 bridgehead atoms. The molecule has 0 aliphatic carbocycles. The quantitative estimate of drug-likeness (QED) is 0.260. The summed E-state index contributed by atoms with van der Waals surface area (Å²) in [6, 6.07) is 0. The minimum absolute atomic E-state index is 0. The standard InChI is InChI=1S/C2H6N4O2.2K/c1-2(3-5-7)4-6-8;;/h2,5-6H,1H3;;/q;2*+1. The second-order valence-corrected chi connectivity index (χ2v) is 1.07. The smallest absolute Gasteiger partial charge is 0.602 e. The Hall–Kier alpha value is 2.07. The zero-order valence-corrected chi connectivity index (χ0v) is 12.5.